The maximum Gasteiger partial charge on any atom is 0.169 e. The molecule has 1 aliphatic rings. The van der Waals surface area contributed by atoms with Crippen LogP contribution in [0.3, 0.4) is 0 Å². The smallest absolute Gasteiger partial charge is 0.169 e. The summed E-state index contributed by atoms with van der Waals surface area (Å²) in [5.74, 6) is 1.75. The molecule has 1 aliphatic heterocycles. The number of halogens is 1. The maximum atomic E-state index is 11.7. The van der Waals surface area contributed by atoms with E-state index in [4.69, 9.17) is 25.8 Å². The van der Waals surface area contributed by atoms with Crippen LogP contribution < -0.4 is 14.2 Å². The number of carbonyl (C=O) groups is 1. The molecule has 6 nitrogen and oxygen atoms in total. The molecule has 1 heterocycles. The first-order chi connectivity index (χ1) is 16.9. The van der Waals surface area contributed by atoms with Crippen LogP contribution in [0.25, 0.3) is 5.57 Å². The third-order valence-corrected chi connectivity index (χ3v) is 6.46. The Kier molecular flexibility index (Phi) is 10.5. The standard InChI is InChI=1S/C28H36ClNO5/c1-20(32)21(2)35-26-19-28(27(33-3)18-24(26)6-4-16-31)34-17-5-13-30-14-11-23(12-15-30)22-7-9-25(29)10-8-22/h7-11,18-19,21,31H,4-6,12-17H2,1-3H3. The number of methoxy groups -OCH3 is 1. The van der Waals surface area contributed by atoms with E-state index in [-0.39, 0.29) is 12.4 Å². The summed E-state index contributed by atoms with van der Waals surface area (Å²) in [6.07, 6.45) is 4.84. The highest BCUT2D eigenvalue weighted by atomic mass is 35.5. The highest BCUT2D eigenvalue weighted by Gasteiger charge is 2.18. The van der Waals surface area contributed by atoms with E-state index < -0.39 is 6.10 Å². The number of aliphatic hydroxyl groups excluding tert-OH is 1. The monoisotopic (exact) mass is 501 g/mol. The van der Waals surface area contributed by atoms with Gasteiger partial charge in [-0.1, -0.05) is 29.8 Å². The van der Waals surface area contributed by atoms with E-state index >= 15 is 0 Å². The Balaban J connectivity index is 1.56. The molecule has 1 N–H and O–H groups in total. The van der Waals surface area contributed by atoms with Crippen LogP contribution in [-0.4, -0.2) is 61.9 Å². The van der Waals surface area contributed by atoms with E-state index in [2.05, 4.69) is 23.1 Å². The topological polar surface area (TPSA) is 68.2 Å². The normalized spacial score (nSPS) is 14.8. The van der Waals surface area contributed by atoms with Gasteiger partial charge in [0.1, 0.15) is 5.75 Å². The van der Waals surface area contributed by atoms with Crippen LogP contribution in [0.1, 0.15) is 44.2 Å². The number of rotatable bonds is 13. The number of carbonyl (C=O) groups excluding carboxylic acids is 1. The van der Waals surface area contributed by atoms with Gasteiger partial charge in [0.05, 0.1) is 13.7 Å². The van der Waals surface area contributed by atoms with Gasteiger partial charge in [-0.25, -0.2) is 0 Å². The zero-order valence-electron chi connectivity index (χ0n) is 20.9. The molecular weight excluding hydrogens is 466 g/mol. The molecule has 0 aliphatic carbocycles. The van der Waals surface area contributed by atoms with E-state index in [9.17, 15) is 9.90 Å². The summed E-state index contributed by atoms with van der Waals surface area (Å²) in [4.78, 5) is 14.1. The Labute approximate surface area is 213 Å². The van der Waals surface area contributed by atoms with E-state index in [1.165, 1.54) is 18.1 Å². The minimum absolute atomic E-state index is 0.0498. The van der Waals surface area contributed by atoms with E-state index in [1.54, 1.807) is 20.1 Å². The van der Waals surface area contributed by atoms with Crippen molar-refractivity contribution in [2.45, 2.75) is 45.6 Å². The van der Waals surface area contributed by atoms with Crippen LogP contribution >= 0.6 is 11.6 Å². The highest BCUT2D eigenvalue weighted by Crippen LogP contribution is 2.36. The fraction of sp³-hybridized carbons (Fsp3) is 0.464. The average molecular weight is 502 g/mol. The molecule has 7 heteroatoms. The summed E-state index contributed by atoms with van der Waals surface area (Å²) < 4.78 is 17.5. The summed E-state index contributed by atoms with van der Waals surface area (Å²) in [5, 5.41) is 10.00. The first kappa shape index (κ1) is 27.1. The van der Waals surface area contributed by atoms with Gasteiger partial charge in [0, 0.05) is 37.3 Å². The number of aryl methyl sites for hydroxylation is 1. The SMILES string of the molecule is COc1cc(CCCO)c(OC(C)C(C)=O)cc1OCCCN1CC=C(c2ccc(Cl)cc2)CC1. The van der Waals surface area contributed by atoms with Gasteiger partial charge in [-0.3, -0.25) is 9.69 Å². The molecule has 2 aromatic rings. The van der Waals surface area contributed by atoms with Gasteiger partial charge in [0.2, 0.25) is 0 Å². The quantitative estimate of drug-likeness (QED) is 0.381. The van der Waals surface area contributed by atoms with Crippen molar-refractivity contribution in [2.75, 3.05) is 40.0 Å². The number of ketones is 1. The second kappa shape index (κ2) is 13.5. The lowest BCUT2D eigenvalue weighted by molar-refractivity contribution is -0.122. The van der Waals surface area contributed by atoms with Crippen molar-refractivity contribution in [2.24, 2.45) is 0 Å². The highest BCUT2D eigenvalue weighted by molar-refractivity contribution is 6.30. The van der Waals surface area contributed by atoms with Crippen molar-refractivity contribution in [3.8, 4) is 17.2 Å². The number of Topliss-reactive ketones (excluding diaryl/α,β-unsaturated/α-hetero) is 1. The number of benzene rings is 2. The fourth-order valence-corrected chi connectivity index (χ4v) is 4.14. The molecule has 0 amide bonds. The van der Waals surface area contributed by atoms with Crippen molar-refractivity contribution < 1.29 is 24.1 Å². The Bertz CT molecular complexity index is 1010. The molecule has 3 rings (SSSR count). The summed E-state index contributed by atoms with van der Waals surface area (Å²) >= 11 is 6.00. The van der Waals surface area contributed by atoms with Crippen LogP contribution in [0.4, 0.5) is 0 Å². The van der Waals surface area contributed by atoms with Gasteiger partial charge in [-0.2, -0.15) is 0 Å². The van der Waals surface area contributed by atoms with E-state index in [0.29, 0.717) is 36.7 Å². The van der Waals surface area contributed by atoms with Gasteiger partial charge in [-0.05, 0) is 74.4 Å². The minimum Gasteiger partial charge on any atom is -0.493 e. The molecule has 2 aromatic carbocycles. The maximum absolute atomic E-state index is 11.7. The van der Waals surface area contributed by atoms with Crippen LogP contribution in [0.15, 0.2) is 42.5 Å². The second-order valence-electron chi connectivity index (χ2n) is 8.80. The summed E-state index contributed by atoms with van der Waals surface area (Å²) in [6, 6.07) is 11.7. The molecule has 1 atom stereocenters. The lowest BCUT2D eigenvalue weighted by atomic mass is 9.99. The van der Waals surface area contributed by atoms with Gasteiger partial charge >= 0.3 is 0 Å². The second-order valence-corrected chi connectivity index (χ2v) is 9.23. The Morgan fingerprint density at radius 2 is 1.91 bits per heavy atom. The molecule has 0 radical (unpaired) electrons. The molecule has 0 saturated heterocycles. The Hall–Kier alpha value is -2.54. The molecule has 0 spiro atoms. The van der Waals surface area contributed by atoms with Gasteiger partial charge in [-0.15, -0.1) is 0 Å². The number of hydrogen-bond donors (Lipinski definition) is 1. The Morgan fingerprint density at radius 3 is 2.54 bits per heavy atom. The predicted molar refractivity (Wildman–Crippen MR) is 140 cm³/mol. The van der Waals surface area contributed by atoms with Crippen LogP contribution in [0, 0.1) is 0 Å². The minimum atomic E-state index is -0.561. The number of hydrogen-bond acceptors (Lipinski definition) is 6. The van der Waals surface area contributed by atoms with Crippen molar-refractivity contribution >= 4 is 23.0 Å². The number of ether oxygens (including phenoxy) is 3. The van der Waals surface area contributed by atoms with Gasteiger partial charge < -0.3 is 19.3 Å². The van der Waals surface area contributed by atoms with Gasteiger partial charge in [0.25, 0.3) is 0 Å². The first-order valence-electron chi connectivity index (χ1n) is 12.2. The van der Waals surface area contributed by atoms with E-state index in [0.717, 1.165) is 43.1 Å². The summed E-state index contributed by atoms with van der Waals surface area (Å²) in [6.45, 7) is 6.72. The largest absolute Gasteiger partial charge is 0.493 e. The molecule has 0 bridgehead atoms. The van der Waals surface area contributed by atoms with Crippen LogP contribution in [0.5, 0.6) is 17.2 Å². The Morgan fingerprint density at radius 1 is 1.14 bits per heavy atom. The number of aliphatic hydroxyl groups is 1. The zero-order valence-corrected chi connectivity index (χ0v) is 21.6. The molecule has 190 valence electrons. The van der Waals surface area contributed by atoms with Crippen molar-refractivity contribution in [3.63, 3.8) is 0 Å². The van der Waals surface area contributed by atoms with Crippen molar-refractivity contribution in [1.29, 1.82) is 0 Å². The van der Waals surface area contributed by atoms with E-state index in [1.807, 2.05) is 18.2 Å². The summed E-state index contributed by atoms with van der Waals surface area (Å²) in [5.41, 5.74) is 3.49. The predicted octanol–water partition coefficient (Wildman–Crippen LogP) is 5.19. The third-order valence-electron chi connectivity index (χ3n) is 6.21. The fourth-order valence-electron chi connectivity index (χ4n) is 4.01. The lowest BCUT2D eigenvalue weighted by Gasteiger charge is -2.26. The van der Waals surface area contributed by atoms with Crippen LogP contribution in [0.2, 0.25) is 5.02 Å². The third kappa shape index (κ3) is 7.99. The lowest BCUT2D eigenvalue weighted by Crippen LogP contribution is -2.30. The van der Waals surface area contributed by atoms with Crippen molar-refractivity contribution in [3.05, 3.63) is 58.6 Å². The summed E-state index contributed by atoms with van der Waals surface area (Å²) in [7, 11) is 1.61. The molecule has 0 fully saturated rings. The number of nitrogens with zero attached hydrogens (tertiary/aromatic N) is 1. The van der Waals surface area contributed by atoms with Crippen LogP contribution in [-0.2, 0) is 11.2 Å². The first-order valence-corrected chi connectivity index (χ1v) is 12.6. The average Bonchev–Trinajstić information content (AvgIpc) is 2.86. The molecule has 35 heavy (non-hydrogen) atoms. The molecule has 0 saturated carbocycles. The zero-order chi connectivity index (χ0) is 25.2. The molecule has 1 unspecified atom stereocenters. The van der Waals surface area contributed by atoms with Crippen molar-refractivity contribution in [1.82, 2.24) is 4.90 Å². The molecule has 0 aromatic heterocycles. The molecular formula is C28H36ClNO5. The van der Waals surface area contributed by atoms with Gasteiger partial charge in [0.15, 0.2) is 23.4 Å².